The van der Waals surface area contributed by atoms with Crippen molar-refractivity contribution in [1.29, 1.82) is 0 Å². The van der Waals surface area contributed by atoms with Crippen molar-refractivity contribution in [2.75, 3.05) is 0 Å². The summed E-state index contributed by atoms with van der Waals surface area (Å²) in [4.78, 5) is 10.4. The van der Waals surface area contributed by atoms with E-state index in [0.717, 1.165) is 15.2 Å². The van der Waals surface area contributed by atoms with Crippen LogP contribution in [-0.2, 0) is 0 Å². The molecule has 4 heteroatoms. The Hall–Kier alpha value is 0.140. The van der Waals surface area contributed by atoms with E-state index in [1.165, 1.54) is 0 Å². The van der Waals surface area contributed by atoms with Crippen LogP contribution in [0.2, 0.25) is 5.02 Å². The minimum Gasteiger partial charge on any atom is -0.298 e. The van der Waals surface area contributed by atoms with E-state index >= 15 is 0 Å². The Morgan fingerprint density at radius 2 is 1.91 bits per heavy atom. The number of hydrogen-bond donors (Lipinski definition) is 0. The number of rotatable bonds is 1. The van der Waals surface area contributed by atoms with E-state index in [2.05, 4.69) is 31.9 Å². The van der Waals surface area contributed by atoms with Crippen LogP contribution in [-0.4, -0.2) is 6.29 Å². The summed E-state index contributed by atoms with van der Waals surface area (Å²) in [6.07, 6.45) is 0.752. The van der Waals surface area contributed by atoms with Gasteiger partial charge in [0.05, 0.1) is 5.02 Å². The van der Waals surface area contributed by atoms with Crippen molar-refractivity contribution in [3.05, 3.63) is 31.7 Å². The first-order valence-electron chi connectivity index (χ1n) is 2.75. The SMILES string of the molecule is O=Cc1cc(Cl)c(Br)cc1Br. The van der Waals surface area contributed by atoms with E-state index in [1.54, 1.807) is 12.1 Å². The molecular formula is C7H3Br2ClO. The van der Waals surface area contributed by atoms with Gasteiger partial charge in [-0.05, 0) is 28.1 Å². The summed E-state index contributed by atoms with van der Waals surface area (Å²) < 4.78 is 1.51. The van der Waals surface area contributed by atoms with Crippen LogP contribution in [0.1, 0.15) is 10.4 Å². The van der Waals surface area contributed by atoms with Crippen LogP contribution in [0.3, 0.4) is 0 Å². The van der Waals surface area contributed by atoms with Crippen LogP contribution < -0.4 is 0 Å². The Bertz CT molecular complexity index is 299. The van der Waals surface area contributed by atoms with Crippen molar-refractivity contribution < 1.29 is 4.79 Å². The number of carbonyl (C=O) groups is 1. The van der Waals surface area contributed by atoms with Crippen LogP contribution in [0.15, 0.2) is 21.1 Å². The molecule has 0 saturated carbocycles. The molecule has 1 aromatic carbocycles. The van der Waals surface area contributed by atoms with E-state index in [0.29, 0.717) is 10.6 Å². The molecule has 0 heterocycles. The molecule has 0 radical (unpaired) electrons. The quantitative estimate of drug-likeness (QED) is 0.571. The number of halogens is 3. The van der Waals surface area contributed by atoms with Crippen molar-refractivity contribution in [3.63, 3.8) is 0 Å². The van der Waals surface area contributed by atoms with Crippen molar-refractivity contribution in [3.8, 4) is 0 Å². The predicted octanol–water partition coefficient (Wildman–Crippen LogP) is 3.68. The third-order valence-corrected chi connectivity index (χ3v) is 3.05. The summed E-state index contributed by atoms with van der Waals surface area (Å²) in [5.41, 5.74) is 0.554. The fourth-order valence-electron chi connectivity index (χ4n) is 0.628. The van der Waals surface area contributed by atoms with Gasteiger partial charge >= 0.3 is 0 Å². The molecule has 0 aliphatic rings. The van der Waals surface area contributed by atoms with Gasteiger partial charge in [-0.2, -0.15) is 0 Å². The number of hydrogen-bond acceptors (Lipinski definition) is 1. The van der Waals surface area contributed by atoms with E-state index in [-0.39, 0.29) is 0 Å². The molecule has 0 aromatic heterocycles. The zero-order chi connectivity index (χ0) is 8.43. The summed E-state index contributed by atoms with van der Waals surface area (Å²) in [7, 11) is 0. The highest BCUT2D eigenvalue weighted by atomic mass is 79.9. The van der Waals surface area contributed by atoms with Crippen LogP contribution >= 0.6 is 43.5 Å². The van der Waals surface area contributed by atoms with Gasteiger partial charge in [-0.15, -0.1) is 0 Å². The fraction of sp³-hybridized carbons (Fsp3) is 0. The first-order chi connectivity index (χ1) is 5.15. The standard InChI is InChI=1S/C7H3Br2ClO/c8-5-2-6(9)7(10)1-4(5)3-11/h1-3H. The smallest absolute Gasteiger partial charge is 0.151 e. The Kier molecular flexibility index (Phi) is 3.10. The van der Waals surface area contributed by atoms with Gasteiger partial charge in [0.25, 0.3) is 0 Å². The maximum atomic E-state index is 10.4. The minimum absolute atomic E-state index is 0.537. The maximum Gasteiger partial charge on any atom is 0.151 e. The molecule has 0 spiro atoms. The summed E-state index contributed by atoms with van der Waals surface area (Å²) in [5, 5.41) is 0.537. The number of aldehydes is 1. The molecule has 0 saturated heterocycles. The van der Waals surface area contributed by atoms with Gasteiger partial charge in [0.15, 0.2) is 6.29 Å². The lowest BCUT2D eigenvalue weighted by molar-refractivity contribution is 0.112. The molecule has 0 amide bonds. The summed E-state index contributed by atoms with van der Waals surface area (Å²) in [5.74, 6) is 0. The molecule has 58 valence electrons. The van der Waals surface area contributed by atoms with Gasteiger partial charge in [0.1, 0.15) is 0 Å². The number of benzene rings is 1. The largest absolute Gasteiger partial charge is 0.298 e. The van der Waals surface area contributed by atoms with Crippen molar-refractivity contribution >= 4 is 49.7 Å². The topological polar surface area (TPSA) is 17.1 Å². The second-order valence-electron chi connectivity index (χ2n) is 1.91. The Morgan fingerprint density at radius 3 is 2.45 bits per heavy atom. The van der Waals surface area contributed by atoms with Crippen LogP contribution in [0.5, 0.6) is 0 Å². The van der Waals surface area contributed by atoms with Crippen LogP contribution in [0, 0.1) is 0 Å². The Balaban J connectivity index is 3.31. The normalized spacial score (nSPS) is 9.73. The van der Waals surface area contributed by atoms with E-state index in [1.807, 2.05) is 0 Å². The fourth-order valence-corrected chi connectivity index (χ4v) is 1.89. The molecule has 0 aliphatic carbocycles. The first-order valence-corrected chi connectivity index (χ1v) is 4.71. The van der Waals surface area contributed by atoms with Crippen molar-refractivity contribution in [2.45, 2.75) is 0 Å². The lowest BCUT2D eigenvalue weighted by Gasteiger charge is -1.98. The molecule has 11 heavy (non-hydrogen) atoms. The lowest BCUT2D eigenvalue weighted by atomic mass is 10.2. The molecule has 1 rings (SSSR count). The molecule has 1 nitrogen and oxygen atoms in total. The summed E-state index contributed by atoms with van der Waals surface area (Å²) in [6, 6.07) is 3.34. The van der Waals surface area contributed by atoms with Gasteiger partial charge < -0.3 is 0 Å². The second-order valence-corrected chi connectivity index (χ2v) is 4.02. The van der Waals surface area contributed by atoms with Gasteiger partial charge in [-0.25, -0.2) is 0 Å². The van der Waals surface area contributed by atoms with E-state index in [9.17, 15) is 4.79 Å². The number of carbonyl (C=O) groups excluding carboxylic acids is 1. The third-order valence-electron chi connectivity index (χ3n) is 1.17. The Labute approximate surface area is 86.0 Å². The third kappa shape index (κ3) is 2.04. The monoisotopic (exact) mass is 296 g/mol. The molecule has 0 fully saturated rings. The average Bonchev–Trinajstić information content (AvgIpc) is 1.97. The molecule has 0 bridgehead atoms. The molecule has 0 aliphatic heterocycles. The lowest BCUT2D eigenvalue weighted by Crippen LogP contribution is -1.82. The zero-order valence-electron chi connectivity index (χ0n) is 5.27. The van der Waals surface area contributed by atoms with Gasteiger partial charge in [0.2, 0.25) is 0 Å². The molecule has 1 aromatic rings. The second kappa shape index (κ2) is 3.70. The van der Waals surface area contributed by atoms with E-state index < -0.39 is 0 Å². The van der Waals surface area contributed by atoms with E-state index in [4.69, 9.17) is 11.6 Å². The predicted molar refractivity (Wildman–Crippen MR) is 52.2 cm³/mol. The maximum absolute atomic E-state index is 10.4. The molecule has 0 N–H and O–H groups in total. The van der Waals surface area contributed by atoms with Crippen molar-refractivity contribution in [1.82, 2.24) is 0 Å². The highest BCUT2D eigenvalue weighted by molar-refractivity contribution is 9.11. The zero-order valence-corrected chi connectivity index (χ0v) is 9.20. The van der Waals surface area contributed by atoms with Gasteiger partial charge in [0, 0.05) is 14.5 Å². The van der Waals surface area contributed by atoms with Gasteiger partial charge in [-0.3, -0.25) is 4.79 Å². The average molecular weight is 298 g/mol. The first kappa shape index (κ1) is 9.23. The van der Waals surface area contributed by atoms with Crippen LogP contribution in [0.25, 0.3) is 0 Å². The minimum atomic E-state index is 0.537. The van der Waals surface area contributed by atoms with Crippen LogP contribution in [0.4, 0.5) is 0 Å². The summed E-state index contributed by atoms with van der Waals surface area (Å²) >= 11 is 12.2. The highest BCUT2D eigenvalue weighted by Crippen LogP contribution is 2.28. The van der Waals surface area contributed by atoms with Crippen molar-refractivity contribution in [2.24, 2.45) is 0 Å². The summed E-state index contributed by atoms with van der Waals surface area (Å²) in [6.45, 7) is 0. The molecule has 0 unspecified atom stereocenters. The highest BCUT2D eigenvalue weighted by Gasteiger charge is 2.03. The molecular weight excluding hydrogens is 295 g/mol. The van der Waals surface area contributed by atoms with Gasteiger partial charge in [-0.1, -0.05) is 27.5 Å². The Morgan fingerprint density at radius 1 is 1.27 bits per heavy atom. The molecule has 0 atom stereocenters.